The van der Waals surface area contributed by atoms with E-state index in [0.717, 1.165) is 11.3 Å². The van der Waals surface area contributed by atoms with E-state index in [1.807, 2.05) is 63.2 Å². The zero-order valence-electron chi connectivity index (χ0n) is 19.0. The summed E-state index contributed by atoms with van der Waals surface area (Å²) in [6, 6.07) is 16.8. The molecule has 7 nitrogen and oxygen atoms in total. The van der Waals surface area contributed by atoms with Crippen LogP contribution in [-0.4, -0.2) is 61.0 Å². The van der Waals surface area contributed by atoms with Gasteiger partial charge < -0.3 is 19.9 Å². The van der Waals surface area contributed by atoms with Crippen molar-refractivity contribution in [2.75, 3.05) is 37.6 Å². The largest absolute Gasteiger partial charge is 0.444 e. The van der Waals surface area contributed by atoms with E-state index in [-0.39, 0.29) is 24.3 Å². The summed E-state index contributed by atoms with van der Waals surface area (Å²) < 4.78 is 5.43. The molecule has 1 aliphatic heterocycles. The first-order valence-electron chi connectivity index (χ1n) is 10.9. The highest BCUT2D eigenvalue weighted by Gasteiger charge is 2.26. The molecule has 1 saturated heterocycles. The molecule has 1 fully saturated rings. The van der Waals surface area contributed by atoms with Crippen LogP contribution in [0.15, 0.2) is 54.6 Å². The third-order valence-corrected chi connectivity index (χ3v) is 5.12. The summed E-state index contributed by atoms with van der Waals surface area (Å²) in [4.78, 5) is 40.6. The van der Waals surface area contributed by atoms with E-state index >= 15 is 0 Å². The van der Waals surface area contributed by atoms with Crippen LogP contribution in [0.4, 0.5) is 10.5 Å². The van der Waals surface area contributed by atoms with Crippen molar-refractivity contribution in [3.63, 3.8) is 0 Å². The van der Waals surface area contributed by atoms with Crippen LogP contribution >= 0.6 is 0 Å². The van der Waals surface area contributed by atoms with Crippen molar-refractivity contribution in [2.24, 2.45) is 0 Å². The maximum atomic E-state index is 12.4. The zero-order chi connectivity index (χ0) is 23.1. The summed E-state index contributed by atoms with van der Waals surface area (Å²) in [5.41, 5.74) is 1.93. The molecule has 1 N–H and O–H groups in total. The second kappa shape index (κ2) is 10.3. The fraction of sp³-hybridized carbons (Fsp3) is 0.400. The van der Waals surface area contributed by atoms with E-state index < -0.39 is 5.60 Å². The third-order valence-electron chi connectivity index (χ3n) is 5.12. The van der Waals surface area contributed by atoms with Gasteiger partial charge in [-0.05, 0) is 50.6 Å². The van der Waals surface area contributed by atoms with Crippen molar-refractivity contribution in [3.8, 4) is 0 Å². The molecule has 7 heteroatoms. The molecule has 2 amide bonds. The highest BCUT2D eigenvalue weighted by molar-refractivity contribution is 5.97. The van der Waals surface area contributed by atoms with E-state index in [9.17, 15) is 14.4 Å². The predicted molar refractivity (Wildman–Crippen MR) is 124 cm³/mol. The molecule has 3 rings (SSSR count). The highest BCUT2D eigenvalue weighted by Crippen LogP contribution is 2.19. The van der Waals surface area contributed by atoms with E-state index in [0.29, 0.717) is 38.2 Å². The average Bonchev–Trinajstić information content (AvgIpc) is 2.77. The molecule has 0 unspecified atom stereocenters. The molecule has 0 atom stereocenters. The summed E-state index contributed by atoms with van der Waals surface area (Å²) in [5, 5.41) is 2.69. The lowest BCUT2D eigenvalue weighted by molar-refractivity contribution is -0.117. The Balaban J connectivity index is 1.46. The lowest BCUT2D eigenvalue weighted by Crippen LogP contribution is -2.50. The Labute approximate surface area is 189 Å². The second-order valence-corrected chi connectivity index (χ2v) is 8.89. The lowest BCUT2D eigenvalue weighted by atomic mass is 10.1. The zero-order valence-corrected chi connectivity index (χ0v) is 19.0. The first-order valence-corrected chi connectivity index (χ1v) is 10.9. The Bertz CT molecular complexity index is 928. The molecule has 2 aromatic rings. The third kappa shape index (κ3) is 6.83. The summed E-state index contributed by atoms with van der Waals surface area (Å²) in [7, 11) is 0. The minimum atomic E-state index is -0.503. The first-order chi connectivity index (χ1) is 15.2. The van der Waals surface area contributed by atoms with Gasteiger partial charge in [-0.2, -0.15) is 0 Å². The van der Waals surface area contributed by atoms with Gasteiger partial charge in [0.25, 0.3) is 5.91 Å². The molecular weight excluding hydrogens is 406 g/mol. The van der Waals surface area contributed by atoms with Crippen LogP contribution in [0.5, 0.6) is 0 Å². The molecular formula is C25H31N3O4. The number of hydrogen-bond donors (Lipinski definition) is 1. The van der Waals surface area contributed by atoms with Crippen LogP contribution in [0.25, 0.3) is 0 Å². The summed E-state index contributed by atoms with van der Waals surface area (Å²) in [6.45, 7) is 8.13. The minimum absolute atomic E-state index is 0.00209. The number of benzene rings is 2. The van der Waals surface area contributed by atoms with Crippen molar-refractivity contribution in [1.82, 2.24) is 10.2 Å². The van der Waals surface area contributed by atoms with Crippen molar-refractivity contribution in [2.45, 2.75) is 32.8 Å². The number of nitrogens with one attached hydrogen (secondary N) is 1. The average molecular weight is 438 g/mol. The lowest BCUT2D eigenvalue weighted by Gasteiger charge is -2.36. The highest BCUT2D eigenvalue weighted by atomic mass is 16.6. The molecule has 170 valence electrons. The first kappa shape index (κ1) is 23.3. The van der Waals surface area contributed by atoms with Gasteiger partial charge >= 0.3 is 6.09 Å². The van der Waals surface area contributed by atoms with Gasteiger partial charge in [0.1, 0.15) is 5.60 Å². The van der Waals surface area contributed by atoms with Crippen LogP contribution in [0.3, 0.4) is 0 Å². The van der Waals surface area contributed by atoms with E-state index in [4.69, 9.17) is 4.74 Å². The number of carbonyl (C=O) groups excluding carboxylic acids is 3. The number of amides is 2. The van der Waals surface area contributed by atoms with E-state index in [1.54, 1.807) is 17.0 Å². The van der Waals surface area contributed by atoms with E-state index in [2.05, 4.69) is 10.2 Å². The Morgan fingerprint density at radius 1 is 0.906 bits per heavy atom. The Hall–Kier alpha value is -3.35. The van der Waals surface area contributed by atoms with Gasteiger partial charge in [-0.1, -0.05) is 30.3 Å². The second-order valence-electron chi connectivity index (χ2n) is 8.89. The standard InChI is InChI=1S/C25H31N3O4/c1-25(2,3)32-24(31)28-15-13-27(14-16-28)21-11-9-20(10-12-21)23(30)26-18-22(29)17-19-7-5-4-6-8-19/h4-12H,13-18H2,1-3H3,(H,26,30). The fourth-order valence-corrected chi connectivity index (χ4v) is 3.46. The summed E-state index contributed by atoms with van der Waals surface area (Å²) in [5.74, 6) is -0.309. The molecule has 1 heterocycles. The number of piperazine rings is 1. The van der Waals surface area contributed by atoms with E-state index in [1.165, 1.54) is 0 Å². The number of ether oxygens (including phenoxy) is 1. The number of rotatable bonds is 6. The molecule has 0 saturated carbocycles. The van der Waals surface area contributed by atoms with Crippen LogP contribution < -0.4 is 10.2 Å². The van der Waals surface area contributed by atoms with Gasteiger partial charge in [0, 0.05) is 43.9 Å². The molecule has 32 heavy (non-hydrogen) atoms. The number of hydrogen-bond acceptors (Lipinski definition) is 5. The molecule has 0 spiro atoms. The fourth-order valence-electron chi connectivity index (χ4n) is 3.46. The minimum Gasteiger partial charge on any atom is -0.444 e. The number of nitrogens with zero attached hydrogens (tertiary/aromatic N) is 2. The van der Waals surface area contributed by atoms with Gasteiger partial charge in [-0.15, -0.1) is 0 Å². The van der Waals surface area contributed by atoms with Gasteiger partial charge in [0.2, 0.25) is 0 Å². The number of Topliss-reactive ketones (excluding diaryl/α,β-unsaturated/α-hetero) is 1. The smallest absolute Gasteiger partial charge is 0.410 e. The van der Waals surface area contributed by atoms with Gasteiger partial charge in [-0.25, -0.2) is 4.79 Å². The number of carbonyl (C=O) groups is 3. The maximum Gasteiger partial charge on any atom is 0.410 e. The summed E-state index contributed by atoms with van der Waals surface area (Å²) >= 11 is 0. The summed E-state index contributed by atoms with van der Waals surface area (Å²) in [6.07, 6.45) is 0.0148. The normalized spacial score (nSPS) is 14.1. The molecule has 0 bridgehead atoms. The topological polar surface area (TPSA) is 79.0 Å². The van der Waals surface area contributed by atoms with Crippen LogP contribution in [-0.2, 0) is 16.0 Å². The van der Waals surface area contributed by atoms with Gasteiger partial charge in [-0.3, -0.25) is 9.59 Å². The molecule has 1 aliphatic rings. The molecule has 0 aromatic heterocycles. The van der Waals surface area contributed by atoms with Crippen molar-refractivity contribution >= 4 is 23.5 Å². The number of anilines is 1. The SMILES string of the molecule is CC(C)(C)OC(=O)N1CCN(c2ccc(C(=O)NCC(=O)Cc3ccccc3)cc2)CC1. The van der Waals surface area contributed by atoms with Crippen molar-refractivity contribution < 1.29 is 19.1 Å². The predicted octanol–water partition coefficient (Wildman–Crippen LogP) is 3.29. The molecule has 0 aliphatic carbocycles. The Morgan fingerprint density at radius 2 is 1.53 bits per heavy atom. The molecule has 0 radical (unpaired) electrons. The van der Waals surface area contributed by atoms with Crippen LogP contribution in [0.1, 0.15) is 36.7 Å². The van der Waals surface area contributed by atoms with Gasteiger partial charge in [0.15, 0.2) is 5.78 Å². The van der Waals surface area contributed by atoms with Gasteiger partial charge in [0.05, 0.1) is 6.54 Å². The molecule has 2 aromatic carbocycles. The Kier molecular flexibility index (Phi) is 7.51. The quantitative estimate of drug-likeness (QED) is 0.750. The van der Waals surface area contributed by atoms with Crippen LogP contribution in [0.2, 0.25) is 0 Å². The van der Waals surface area contributed by atoms with Crippen molar-refractivity contribution in [1.29, 1.82) is 0 Å². The van der Waals surface area contributed by atoms with Crippen LogP contribution in [0, 0.1) is 0 Å². The van der Waals surface area contributed by atoms with Crippen molar-refractivity contribution in [3.05, 3.63) is 65.7 Å². The Morgan fingerprint density at radius 3 is 2.12 bits per heavy atom. The number of ketones is 1. The monoisotopic (exact) mass is 437 g/mol. The maximum absolute atomic E-state index is 12.4.